The summed E-state index contributed by atoms with van der Waals surface area (Å²) in [6.07, 6.45) is 1.66. The topological polar surface area (TPSA) is 92.3 Å². The fourth-order valence-corrected chi connectivity index (χ4v) is 12.2. The molecule has 0 saturated heterocycles. The molecule has 0 spiro atoms. The van der Waals surface area contributed by atoms with E-state index >= 15 is 0 Å². The quantitative estimate of drug-likeness (QED) is 0.226. The molecular formula is C19H45O10Si4. The lowest BCUT2D eigenvalue weighted by Crippen LogP contribution is -2.54. The Hall–Kier alpha value is 0.468. The van der Waals surface area contributed by atoms with Crippen LogP contribution in [0, 0.1) is 0 Å². The van der Waals surface area contributed by atoms with Gasteiger partial charge in [0.2, 0.25) is 10.5 Å². The fraction of sp³-hybridized carbons (Fsp3) is 1.00. The van der Waals surface area contributed by atoms with Crippen molar-refractivity contribution in [1.29, 1.82) is 0 Å². The van der Waals surface area contributed by atoms with Crippen LogP contribution in [-0.2, 0) is 44.3 Å². The van der Waals surface area contributed by atoms with Crippen LogP contribution in [0.2, 0.25) is 16.6 Å². The molecule has 0 amide bonds. The van der Waals surface area contributed by atoms with E-state index in [0.717, 1.165) is 0 Å². The van der Waals surface area contributed by atoms with Crippen molar-refractivity contribution in [2.45, 2.75) is 62.3 Å². The van der Waals surface area contributed by atoms with E-state index in [0.29, 0.717) is 19.3 Å². The summed E-state index contributed by atoms with van der Waals surface area (Å²) in [7, 11) is 8.98. The summed E-state index contributed by atoms with van der Waals surface area (Å²) in [6, 6.07) is 0. The lowest BCUT2D eigenvalue weighted by atomic mass is 9.87. The van der Waals surface area contributed by atoms with Crippen LogP contribution in [0.15, 0.2) is 0 Å². The minimum atomic E-state index is -2.96. The van der Waals surface area contributed by atoms with Gasteiger partial charge >= 0.3 is 26.4 Å². The molecule has 33 heavy (non-hydrogen) atoms. The molecule has 0 heterocycles. The van der Waals surface area contributed by atoms with Gasteiger partial charge in [0.15, 0.2) is 0 Å². The SMILES string of the molecule is CO[Si](OC)(OC)C(C)CC(CC(C)[Si](OC)(OC)OC)(CC(C)[Si](OC)(OC)OC)O[Si]. The Labute approximate surface area is 207 Å². The van der Waals surface area contributed by atoms with Crippen LogP contribution in [0.1, 0.15) is 40.0 Å². The van der Waals surface area contributed by atoms with Crippen LogP contribution in [0.25, 0.3) is 0 Å². The van der Waals surface area contributed by atoms with Gasteiger partial charge in [-0.05, 0) is 19.3 Å². The third-order valence-corrected chi connectivity index (χ3v) is 16.4. The first-order chi connectivity index (χ1) is 15.5. The Balaban J connectivity index is 6.39. The van der Waals surface area contributed by atoms with Crippen LogP contribution in [-0.4, -0.2) is 106 Å². The Morgan fingerprint density at radius 1 is 0.485 bits per heavy atom. The second-order valence-electron chi connectivity index (χ2n) is 8.25. The van der Waals surface area contributed by atoms with E-state index in [1.54, 1.807) is 64.0 Å². The van der Waals surface area contributed by atoms with Crippen LogP contribution < -0.4 is 0 Å². The van der Waals surface area contributed by atoms with Gasteiger partial charge in [-0.2, -0.15) is 0 Å². The Morgan fingerprint density at radius 2 is 0.667 bits per heavy atom. The summed E-state index contributed by atoms with van der Waals surface area (Å²) >= 11 is 0. The maximum absolute atomic E-state index is 6.11. The van der Waals surface area contributed by atoms with Crippen molar-refractivity contribution in [3.8, 4) is 0 Å². The molecule has 0 aliphatic heterocycles. The van der Waals surface area contributed by atoms with Gasteiger partial charge in [-0.15, -0.1) is 0 Å². The summed E-state index contributed by atoms with van der Waals surface area (Å²) in [6.45, 7) is 6.12. The van der Waals surface area contributed by atoms with Crippen molar-refractivity contribution in [3.05, 3.63) is 0 Å². The molecular weight excluding hydrogens is 501 g/mol. The minimum absolute atomic E-state index is 0.0966. The van der Waals surface area contributed by atoms with Crippen molar-refractivity contribution < 1.29 is 44.3 Å². The minimum Gasteiger partial charge on any atom is -0.413 e. The predicted octanol–water partition coefficient (Wildman–Crippen LogP) is 2.80. The molecule has 0 aromatic rings. The van der Waals surface area contributed by atoms with E-state index in [4.69, 9.17) is 44.3 Å². The molecule has 0 aliphatic carbocycles. The summed E-state index contributed by atoms with van der Waals surface area (Å²) in [5.41, 5.74) is -1.02. The first-order valence-corrected chi connectivity index (χ1v) is 16.6. The summed E-state index contributed by atoms with van der Waals surface area (Å²) in [5.74, 6) is 0. The van der Waals surface area contributed by atoms with E-state index in [1.807, 2.05) is 20.8 Å². The third kappa shape index (κ3) is 7.48. The van der Waals surface area contributed by atoms with Gasteiger partial charge in [-0.3, -0.25) is 0 Å². The van der Waals surface area contributed by atoms with Crippen LogP contribution in [0.3, 0.4) is 0 Å². The van der Waals surface area contributed by atoms with E-state index in [1.165, 1.54) is 0 Å². The smallest absolute Gasteiger partial charge is 0.413 e. The Morgan fingerprint density at radius 3 is 0.788 bits per heavy atom. The first-order valence-electron chi connectivity index (χ1n) is 10.8. The molecule has 10 nitrogen and oxygen atoms in total. The van der Waals surface area contributed by atoms with Gasteiger partial charge < -0.3 is 44.3 Å². The molecule has 3 unspecified atom stereocenters. The van der Waals surface area contributed by atoms with Gasteiger partial charge in [-0.25, -0.2) is 0 Å². The molecule has 0 saturated carbocycles. The van der Waals surface area contributed by atoms with Crippen molar-refractivity contribution in [2.75, 3.05) is 64.0 Å². The maximum atomic E-state index is 6.11. The molecule has 0 fully saturated rings. The third-order valence-electron chi connectivity index (χ3n) is 6.62. The van der Waals surface area contributed by atoms with Gasteiger partial charge in [0.25, 0.3) is 0 Å². The highest BCUT2D eigenvalue weighted by atomic mass is 28.4. The normalized spacial score (nSPS) is 18.1. The highest BCUT2D eigenvalue weighted by molar-refractivity contribution is 6.63. The molecule has 0 aliphatic rings. The molecule has 0 aromatic heterocycles. The molecule has 0 rings (SSSR count). The van der Waals surface area contributed by atoms with Crippen molar-refractivity contribution in [3.63, 3.8) is 0 Å². The monoisotopic (exact) mass is 545 g/mol. The van der Waals surface area contributed by atoms with E-state index < -0.39 is 32.0 Å². The second kappa shape index (κ2) is 14.9. The van der Waals surface area contributed by atoms with Crippen LogP contribution in [0.5, 0.6) is 0 Å². The second-order valence-corrected chi connectivity index (χ2v) is 18.7. The molecule has 14 heteroatoms. The molecule has 3 atom stereocenters. The summed E-state index contributed by atoms with van der Waals surface area (Å²) < 4.78 is 57.9. The van der Waals surface area contributed by atoms with Gasteiger partial charge in [-0.1, -0.05) is 20.8 Å². The molecule has 0 bridgehead atoms. The zero-order valence-electron chi connectivity index (χ0n) is 22.4. The van der Waals surface area contributed by atoms with Crippen molar-refractivity contribution in [2.24, 2.45) is 0 Å². The Bertz CT molecular complexity index is 439. The largest absolute Gasteiger partial charge is 0.503 e. The summed E-state index contributed by atoms with van der Waals surface area (Å²) in [5, 5.41) is 0. The summed E-state index contributed by atoms with van der Waals surface area (Å²) in [4.78, 5) is 0. The lowest BCUT2D eigenvalue weighted by Gasteiger charge is -2.44. The van der Waals surface area contributed by atoms with Crippen molar-refractivity contribution in [1.82, 2.24) is 0 Å². The zero-order valence-corrected chi connectivity index (χ0v) is 26.4. The highest BCUT2D eigenvalue weighted by Crippen LogP contribution is 2.46. The van der Waals surface area contributed by atoms with Gasteiger partial charge in [0, 0.05) is 80.6 Å². The van der Waals surface area contributed by atoms with Gasteiger partial charge in [0.05, 0.1) is 5.60 Å². The van der Waals surface area contributed by atoms with E-state index in [-0.39, 0.29) is 16.6 Å². The standard InChI is InChI=1S/C19H45O10Si4/c1-16(31(20-4,21-5)22-6)13-19(29-30,14-17(2)32(23-7,24-8)25-9)15-18(3)33(26-10,27-11)28-12/h16-18H,13-15H2,1-12H3. The number of rotatable bonds is 19. The number of hydrogen-bond donors (Lipinski definition) is 0. The van der Waals surface area contributed by atoms with E-state index in [9.17, 15) is 0 Å². The molecule has 0 aromatic carbocycles. The average molecular weight is 546 g/mol. The highest BCUT2D eigenvalue weighted by Gasteiger charge is 2.55. The lowest BCUT2D eigenvalue weighted by molar-refractivity contribution is 0.0139. The first kappa shape index (κ1) is 33.5. The fourth-order valence-electron chi connectivity index (χ4n) is 4.98. The zero-order chi connectivity index (χ0) is 25.9. The predicted molar refractivity (Wildman–Crippen MR) is 132 cm³/mol. The average Bonchev–Trinajstić information content (AvgIpc) is 2.83. The van der Waals surface area contributed by atoms with E-state index in [2.05, 4.69) is 10.5 Å². The molecule has 3 radical (unpaired) electrons. The van der Waals surface area contributed by atoms with Crippen LogP contribution in [0.4, 0.5) is 0 Å². The van der Waals surface area contributed by atoms with Gasteiger partial charge in [0.1, 0.15) is 0 Å². The Kier molecular flexibility index (Phi) is 15.1. The van der Waals surface area contributed by atoms with Crippen molar-refractivity contribution >= 4 is 36.9 Å². The molecule has 0 N–H and O–H groups in total. The maximum Gasteiger partial charge on any atom is 0.503 e. The molecule has 197 valence electrons. The number of hydrogen-bond acceptors (Lipinski definition) is 10. The van der Waals surface area contributed by atoms with Crippen LogP contribution >= 0.6 is 0 Å².